The second-order valence-electron chi connectivity index (χ2n) is 9.09. The Morgan fingerprint density at radius 2 is 1.83 bits per heavy atom. The van der Waals surface area contributed by atoms with Gasteiger partial charge in [-0.2, -0.15) is 0 Å². The van der Waals surface area contributed by atoms with E-state index in [1.54, 1.807) is 18.5 Å². The SMILES string of the molecule is CS(=O)(=O)C(c1nnc(CC2SC(=O)NC2=O)o1)c1nc2ccc(-c3cnc(OCc4ccccc4)nc3)cc2s1. The van der Waals surface area contributed by atoms with Gasteiger partial charge in [0.05, 0.1) is 10.2 Å². The Hall–Kier alpha value is -4.21. The summed E-state index contributed by atoms with van der Waals surface area (Å²) in [6.07, 6.45) is 4.38. The molecule has 4 heterocycles. The minimum Gasteiger partial charge on any atom is -0.459 e. The third kappa shape index (κ3) is 5.96. The van der Waals surface area contributed by atoms with Gasteiger partial charge in [-0.15, -0.1) is 21.5 Å². The molecule has 0 aliphatic carbocycles. The molecule has 1 aliphatic rings. The second kappa shape index (κ2) is 11.0. The van der Waals surface area contributed by atoms with Gasteiger partial charge in [-0.3, -0.25) is 14.9 Å². The van der Waals surface area contributed by atoms with Crippen molar-refractivity contribution in [3.63, 3.8) is 0 Å². The predicted octanol–water partition coefficient (Wildman–Crippen LogP) is 3.74. The maximum atomic E-state index is 12.8. The molecule has 2 amide bonds. The average molecular weight is 609 g/mol. The zero-order valence-electron chi connectivity index (χ0n) is 21.3. The van der Waals surface area contributed by atoms with Crippen molar-refractivity contribution in [2.24, 2.45) is 0 Å². The highest BCUT2D eigenvalue weighted by Gasteiger charge is 2.36. The van der Waals surface area contributed by atoms with E-state index >= 15 is 0 Å². The van der Waals surface area contributed by atoms with E-state index < -0.39 is 31.5 Å². The third-order valence-electron chi connectivity index (χ3n) is 6.06. The monoisotopic (exact) mass is 608 g/mol. The number of benzene rings is 2. The largest absolute Gasteiger partial charge is 0.459 e. The lowest BCUT2D eigenvalue weighted by molar-refractivity contribution is -0.119. The van der Waals surface area contributed by atoms with Crippen LogP contribution in [0.15, 0.2) is 65.3 Å². The fourth-order valence-corrected chi connectivity index (χ4v) is 7.45. The van der Waals surface area contributed by atoms with Crippen LogP contribution in [0.2, 0.25) is 0 Å². The summed E-state index contributed by atoms with van der Waals surface area (Å²) in [5, 5.41) is 7.83. The molecule has 6 rings (SSSR count). The van der Waals surface area contributed by atoms with E-state index in [1.807, 2.05) is 42.5 Å². The maximum absolute atomic E-state index is 12.8. The molecule has 3 aromatic heterocycles. The molecule has 0 saturated carbocycles. The van der Waals surface area contributed by atoms with Crippen LogP contribution in [0.1, 0.15) is 27.6 Å². The number of aromatic nitrogens is 5. The molecular formula is C26H20N6O6S3. The number of sulfone groups is 1. The summed E-state index contributed by atoms with van der Waals surface area (Å²) < 4.78 is 37.7. The molecule has 12 nitrogen and oxygen atoms in total. The summed E-state index contributed by atoms with van der Waals surface area (Å²) in [5.74, 6) is -0.562. The highest BCUT2D eigenvalue weighted by Crippen LogP contribution is 2.36. The Balaban J connectivity index is 1.22. The number of nitrogens with zero attached hydrogens (tertiary/aromatic N) is 5. The van der Waals surface area contributed by atoms with Gasteiger partial charge >= 0.3 is 6.01 Å². The predicted molar refractivity (Wildman–Crippen MR) is 151 cm³/mol. The third-order valence-corrected chi connectivity index (χ3v) is 9.56. The van der Waals surface area contributed by atoms with Crippen molar-refractivity contribution in [1.82, 2.24) is 30.5 Å². The molecule has 2 atom stereocenters. The van der Waals surface area contributed by atoms with Crippen LogP contribution < -0.4 is 10.1 Å². The van der Waals surface area contributed by atoms with Gasteiger partial charge in [0.25, 0.3) is 5.24 Å². The molecule has 208 valence electrons. The lowest BCUT2D eigenvalue weighted by atomic mass is 10.1. The molecule has 5 aromatic rings. The van der Waals surface area contributed by atoms with Crippen LogP contribution >= 0.6 is 23.1 Å². The van der Waals surface area contributed by atoms with E-state index in [4.69, 9.17) is 9.15 Å². The lowest BCUT2D eigenvalue weighted by Gasteiger charge is -2.07. The number of carbonyl (C=O) groups is 2. The van der Waals surface area contributed by atoms with Crippen LogP contribution in [0.5, 0.6) is 6.01 Å². The lowest BCUT2D eigenvalue weighted by Crippen LogP contribution is -2.25. The van der Waals surface area contributed by atoms with Crippen molar-refractivity contribution in [3.05, 3.63) is 83.3 Å². The fourth-order valence-electron chi connectivity index (χ4n) is 4.11. The molecular weight excluding hydrogens is 589 g/mol. The number of hydrogen-bond acceptors (Lipinski definition) is 13. The number of carbonyl (C=O) groups excluding carboxylic acids is 2. The molecule has 2 aromatic carbocycles. The van der Waals surface area contributed by atoms with Crippen molar-refractivity contribution >= 4 is 54.3 Å². The van der Waals surface area contributed by atoms with Crippen LogP contribution in [-0.2, 0) is 27.7 Å². The number of thiazole rings is 1. The number of imide groups is 1. The number of hydrogen-bond donors (Lipinski definition) is 1. The van der Waals surface area contributed by atoms with Crippen LogP contribution in [-0.4, -0.2) is 56.2 Å². The first-order valence-electron chi connectivity index (χ1n) is 12.2. The summed E-state index contributed by atoms with van der Waals surface area (Å²) in [4.78, 5) is 36.5. The summed E-state index contributed by atoms with van der Waals surface area (Å²) >= 11 is 2.01. The minimum atomic E-state index is -3.77. The molecule has 15 heteroatoms. The topological polar surface area (TPSA) is 167 Å². The van der Waals surface area contributed by atoms with Crippen LogP contribution in [0, 0.1) is 0 Å². The van der Waals surface area contributed by atoms with Gasteiger partial charge in [0, 0.05) is 30.6 Å². The van der Waals surface area contributed by atoms with Crippen molar-refractivity contribution in [2.75, 3.05) is 6.26 Å². The van der Waals surface area contributed by atoms with E-state index in [0.717, 1.165) is 39.4 Å². The van der Waals surface area contributed by atoms with E-state index in [2.05, 4.69) is 30.5 Å². The Kier molecular flexibility index (Phi) is 7.23. The molecule has 2 unspecified atom stereocenters. The Bertz CT molecular complexity index is 1860. The smallest absolute Gasteiger partial charge is 0.316 e. The van der Waals surface area contributed by atoms with Gasteiger partial charge in [-0.25, -0.2) is 23.4 Å². The second-order valence-corrected chi connectivity index (χ2v) is 13.5. The normalized spacial score (nSPS) is 16.2. The molecule has 1 saturated heterocycles. The highest BCUT2D eigenvalue weighted by molar-refractivity contribution is 8.15. The number of ether oxygens (including phenoxy) is 1. The number of fused-ring (bicyclic) bond motifs is 1. The maximum Gasteiger partial charge on any atom is 0.316 e. The molecule has 1 N–H and O–H groups in total. The Morgan fingerprint density at radius 3 is 2.54 bits per heavy atom. The summed E-state index contributed by atoms with van der Waals surface area (Å²) in [5.41, 5.74) is 3.18. The fraction of sp³-hybridized carbons (Fsp3) is 0.192. The van der Waals surface area contributed by atoms with Gasteiger partial charge in [0.1, 0.15) is 16.9 Å². The highest BCUT2D eigenvalue weighted by atomic mass is 32.2. The standard InChI is InChI=1S/C26H20N6O6S3/c1-41(35,36)21(23-32-31-20(38-23)10-19-22(33)30-26(34)40-19)24-29-17-8-7-15(9-18(17)39-24)16-11-27-25(28-12-16)37-13-14-5-3-2-4-6-14/h2-9,11-12,19,21H,10,13H2,1H3,(H,30,33,34). The van der Waals surface area contributed by atoms with Gasteiger partial charge in [-0.05, 0) is 23.3 Å². The molecule has 0 bridgehead atoms. The first kappa shape index (κ1) is 27.0. The number of thioether (sulfide) groups is 1. The zero-order chi connectivity index (χ0) is 28.6. The summed E-state index contributed by atoms with van der Waals surface area (Å²) in [6.45, 7) is 0.355. The minimum absolute atomic E-state index is 0.00686. The molecule has 0 spiro atoms. The van der Waals surface area contributed by atoms with Crippen LogP contribution in [0.4, 0.5) is 4.79 Å². The number of amides is 2. The summed E-state index contributed by atoms with van der Waals surface area (Å²) in [7, 11) is -3.77. The molecule has 0 radical (unpaired) electrons. The molecule has 41 heavy (non-hydrogen) atoms. The van der Waals surface area contributed by atoms with Crippen molar-refractivity contribution in [1.29, 1.82) is 0 Å². The van der Waals surface area contributed by atoms with E-state index in [9.17, 15) is 18.0 Å². The number of nitrogens with one attached hydrogen (secondary N) is 1. The Morgan fingerprint density at radius 1 is 1.05 bits per heavy atom. The molecule has 1 aliphatic heterocycles. The van der Waals surface area contributed by atoms with E-state index in [1.165, 1.54) is 11.3 Å². The van der Waals surface area contributed by atoms with Crippen molar-refractivity contribution < 1.29 is 27.2 Å². The van der Waals surface area contributed by atoms with Gasteiger partial charge in [-0.1, -0.05) is 48.2 Å². The van der Waals surface area contributed by atoms with E-state index in [-0.39, 0.29) is 29.2 Å². The Labute approximate surface area is 241 Å². The zero-order valence-corrected chi connectivity index (χ0v) is 23.7. The number of rotatable bonds is 9. The molecule has 1 fully saturated rings. The quantitative estimate of drug-likeness (QED) is 0.258. The van der Waals surface area contributed by atoms with Gasteiger partial charge in [0.2, 0.25) is 17.7 Å². The van der Waals surface area contributed by atoms with Gasteiger partial charge in [0.15, 0.2) is 15.1 Å². The van der Waals surface area contributed by atoms with E-state index in [0.29, 0.717) is 12.1 Å². The summed E-state index contributed by atoms with van der Waals surface area (Å²) in [6, 6.07) is 15.5. The first-order chi connectivity index (χ1) is 19.7. The average Bonchev–Trinajstić information content (AvgIpc) is 3.66. The first-order valence-corrected chi connectivity index (χ1v) is 15.8. The van der Waals surface area contributed by atoms with Gasteiger partial charge < -0.3 is 9.15 Å². The van der Waals surface area contributed by atoms with Crippen LogP contribution in [0.3, 0.4) is 0 Å². The van der Waals surface area contributed by atoms with Crippen LogP contribution in [0.25, 0.3) is 21.3 Å². The van der Waals surface area contributed by atoms with Crippen molar-refractivity contribution in [2.45, 2.75) is 23.5 Å². The van der Waals surface area contributed by atoms with Crippen molar-refractivity contribution in [3.8, 4) is 17.1 Å².